The first-order valence-corrected chi connectivity index (χ1v) is 15.6. The van der Waals surface area contributed by atoms with E-state index in [1.54, 1.807) is 24.3 Å². The van der Waals surface area contributed by atoms with E-state index < -0.39 is 0 Å². The van der Waals surface area contributed by atoms with Gasteiger partial charge in [-0.25, -0.2) is 0 Å². The minimum Gasteiger partial charge on any atom is -0.461 e. The molecule has 8 unspecified atom stereocenters. The van der Waals surface area contributed by atoms with E-state index in [2.05, 4.69) is 46.4 Å². The summed E-state index contributed by atoms with van der Waals surface area (Å²) in [6, 6.07) is 0. The van der Waals surface area contributed by atoms with Crippen molar-refractivity contribution < 1.29 is 19.0 Å². The number of unbranched alkanes of at least 4 members (excludes halogenated alkanes) is 1. The zero-order valence-electron chi connectivity index (χ0n) is 24.9. The second-order valence-corrected chi connectivity index (χ2v) is 13.2. The van der Waals surface area contributed by atoms with Gasteiger partial charge < -0.3 is 14.2 Å². The van der Waals surface area contributed by atoms with Crippen molar-refractivity contribution in [1.82, 2.24) is 0 Å². The largest absolute Gasteiger partial charge is 0.461 e. The Bertz CT molecular complexity index is 889. The smallest absolute Gasteiger partial charge is 0.306 e. The summed E-state index contributed by atoms with van der Waals surface area (Å²) in [4.78, 5) is 11.8. The van der Waals surface area contributed by atoms with Crippen LogP contribution in [-0.2, 0) is 19.0 Å². The predicted octanol–water partition coefficient (Wildman–Crippen LogP) is 8.57. The third-order valence-corrected chi connectivity index (χ3v) is 11.2. The Morgan fingerprint density at radius 2 is 2.00 bits per heavy atom. The maximum Gasteiger partial charge on any atom is 0.306 e. The molecule has 0 aromatic rings. The van der Waals surface area contributed by atoms with Gasteiger partial charge >= 0.3 is 5.97 Å². The SMILES string of the molecule is C=CCOC(=O)CCC/C=C(\C)C1CCC2C3CC=C4CC(OC(CCC)OC)CCC4(C)C3CCC12C. The zero-order valence-corrected chi connectivity index (χ0v) is 24.9. The maximum atomic E-state index is 11.8. The molecule has 38 heavy (non-hydrogen) atoms. The third kappa shape index (κ3) is 6.02. The molecule has 0 N–H and O–H groups in total. The van der Waals surface area contributed by atoms with Crippen LogP contribution in [0, 0.1) is 34.5 Å². The number of fused-ring (bicyclic) bond motifs is 5. The lowest BCUT2D eigenvalue weighted by Gasteiger charge is -2.58. The fourth-order valence-electron chi connectivity index (χ4n) is 9.13. The molecular weight excluding hydrogens is 472 g/mol. The monoisotopic (exact) mass is 526 g/mol. The van der Waals surface area contributed by atoms with Crippen LogP contribution in [0.25, 0.3) is 0 Å². The average molecular weight is 527 g/mol. The molecule has 4 heteroatoms. The summed E-state index contributed by atoms with van der Waals surface area (Å²) in [5.41, 5.74) is 4.00. The molecule has 0 aliphatic heterocycles. The molecule has 0 spiro atoms. The second kappa shape index (κ2) is 12.9. The molecule has 4 aliphatic rings. The highest BCUT2D eigenvalue weighted by atomic mass is 16.7. The van der Waals surface area contributed by atoms with E-state index in [1.807, 2.05) is 0 Å². The van der Waals surface area contributed by atoms with Gasteiger partial charge in [-0.05, 0) is 112 Å². The summed E-state index contributed by atoms with van der Waals surface area (Å²) in [7, 11) is 1.78. The van der Waals surface area contributed by atoms with Gasteiger partial charge in [0.25, 0.3) is 0 Å². The lowest BCUT2D eigenvalue weighted by Crippen LogP contribution is -2.50. The van der Waals surface area contributed by atoms with E-state index in [1.165, 1.54) is 38.5 Å². The van der Waals surface area contributed by atoms with Gasteiger partial charge in [0.05, 0.1) is 6.10 Å². The summed E-state index contributed by atoms with van der Waals surface area (Å²) in [6.45, 7) is 13.7. The maximum absolute atomic E-state index is 11.8. The fourth-order valence-corrected chi connectivity index (χ4v) is 9.13. The molecule has 3 saturated carbocycles. The van der Waals surface area contributed by atoms with Gasteiger partial charge in [0.15, 0.2) is 6.29 Å². The van der Waals surface area contributed by atoms with E-state index in [9.17, 15) is 4.79 Å². The molecule has 214 valence electrons. The number of carbonyl (C=O) groups is 1. The molecular formula is C34H54O4. The van der Waals surface area contributed by atoms with Crippen LogP contribution in [-0.4, -0.2) is 32.1 Å². The van der Waals surface area contributed by atoms with Gasteiger partial charge in [0, 0.05) is 13.5 Å². The van der Waals surface area contributed by atoms with E-state index in [-0.39, 0.29) is 12.3 Å². The van der Waals surface area contributed by atoms with E-state index in [0.29, 0.717) is 35.9 Å². The molecule has 4 rings (SSSR count). The number of rotatable bonds is 12. The van der Waals surface area contributed by atoms with Crippen molar-refractivity contribution in [2.24, 2.45) is 34.5 Å². The van der Waals surface area contributed by atoms with Crippen LogP contribution in [0.2, 0.25) is 0 Å². The number of hydrogen-bond acceptors (Lipinski definition) is 4. The number of carbonyl (C=O) groups excluding carboxylic acids is 1. The summed E-state index contributed by atoms with van der Waals surface area (Å²) in [5, 5.41) is 0. The van der Waals surface area contributed by atoms with Gasteiger partial charge in [0.2, 0.25) is 0 Å². The van der Waals surface area contributed by atoms with Crippen LogP contribution in [0.15, 0.2) is 36.0 Å². The van der Waals surface area contributed by atoms with Crippen molar-refractivity contribution in [3.8, 4) is 0 Å². The number of allylic oxidation sites excluding steroid dienone is 3. The van der Waals surface area contributed by atoms with E-state index in [0.717, 1.165) is 56.3 Å². The normalized spacial score (nSPS) is 37.4. The second-order valence-electron chi connectivity index (χ2n) is 13.2. The molecule has 0 bridgehead atoms. The Labute approximate surface area is 232 Å². The summed E-state index contributed by atoms with van der Waals surface area (Å²) < 4.78 is 17.1. The van der Waals surface area contributed by atoms with Crippen molar-refractivity contribution in [2.45, 2.75) is 124 Å². The molecule has 8 atom stereocenters. The molecule has 0 radical (unpaired) electrons. The van der Waals surface area contributed by atoms with E-state index in [4.69, 9.17) is 14.2 Å². The highest BCUT2D eigenvalue weighted by Gasteiger charge is 2.58. The van der Waals surface area contributed by atoms with Crippen LogP contribution in [0.5, 0.6) is 0 Å². The standard InChI is InChI=1S/C34H54O4/c1-7-11-32(36-6)38-26-18-20-33(4)25(23-26)14-15-27-29-17-16-28(34(29,5)21-19-30(27)33)24(3)12-9-10-13-31(35)37-22-8-2/h8,12,14,26-30,32H,2,7,9-11,13,15-23H2,1,3-6H3/b24-12+. The Hall–Kier alpha value is -1.39. The van der Waals surface area contributed by atoms with Crippen LogP contribution >= 0.6 is 0 Å². The van der Waals surface area contributed by atoms with E-state index >= 15 is 0 Å². The summed E-state index contributed by atoms with van der Waals surface area (Å²) in [6.07, 6.45) is 21.5. The highest BCUT2D eigenvalue weighted by Crippen LogP contribution is 2.67. The number of hydrogen-bond donors (Lipinski definition) is 0. The molecule has 4 aliphatic carbocycles. The first-order valence-electron chi connectivity index (χ1n) is 15.6. The zero-order chi connectivity index (χ0) is 27.3. The lowest BCUT2D eigenvalue weighted by atomic mass is 9.47. The van der Waals surface area contributed by atoms with Gasteiger partial charge in [-0.15, -0.1) is 0 Å². The van der Waals surface area contributed by atoms with Crippen molar-refractivity contribution >= 4 is 5.97 Å². The van der Waals surface area contributed by atoms with Crippen LogP contribution < -0.4 is 0 Å². The first kappa shape index (κ1) is 29.6. The predicted molar refractivity (Wildman–Crippen MR) is 155 cm³/mol. The Morgan fingerprint density at radius 3 is 2.74 bits per heavy atom. The Morgan fingerprint density at radius 1 is 1.18 bits per heavy atom. The minimum absolute atomic E-state index is 0.0560. The van der Waals surface area contributed by atoms with Gasteiger partial charge in [0.1, 0.15) is 6.61 Å². The van der Waals surface area contributed by atoms with Gasteiger partial charge in [-0.1, -0.05) is 63.1 Å². The molecule has 0 amide bonds. The third-order valence-electron chi connectivity index (χ3n) is 11.2. The molecule has 4 nitrogen and oxygen atoms in total. The van der Waals surface area contributed by atoms with Crippen LogP contribution in [0.1, 0.15) is 111 Å². The van der Waals surface area contributed by atoms with Crippen LogP contribution in [0.3, 0.4) is 0 Å². The molecule has 3 fully saturated rings. The van der Waals surface area contributed by atoms with Gasteiger partial charge in [-0.3, -0.25) is 4.79 Å². The molecule has 0 heterocycles. The molecule has 0 aromatic carbocycles. The van der Waals surface area contributed by atoms with Gasteiger partial charge in [-0.2, -0.15) is 0 Å². The average Bonchev–Trinajstić information content (AvgIpc) is 3.27. The lowest BCUT2D eigenvalue weighted by molar-refractivity contribution is -0.168. The summed E-state index contributed by atoms with van der Waals surface area (Å²) >= 11 is 0. The fraction of sp³-hybridized carbons (Fsp3) is 0.794. The number of ether oxygens (including phenoxy) is 3. The quantitative estimate of drug-likeness (QED) is 0.111. The number of methoxy groups -OCH3 is 1. The van der Waals surface area contributed by atoms with Crippen molar-refractivity contribution in [2.75, 3.05) is 13.7 Å². The Kier molecular flexibility index (Phi) is 10.0. The first-order chi connectivity index (χ1) is 18.3. The minimum atomic E-state index is -0.111. The molecule has 0 saturated heterocycles. The number of esters is 1. The topological polar surface area (TPSA) is 44.8 Å². The van der Waals surface area contributed by atoms with Crippen molar-refractivity contribution in [1.29, 1.82) is 0 Å². The van der Waals surface area contributed by atoms with Crippen LogP contribution in [0.4, 0.5) is 0 Å². The highest BCUT2D eigenvalue weighted by molar-refractivity contribution is 5.69. The van der Waals surface area contributed by atoms with Crippen molar-refractivity contribution in [3.63, 3.8) is 0 Å². The van der Waals surface area contributed by atoms with Crippen molar-refractivity contribution in [3.05, 3.63) is 36.0 Å². The molecule has 0 aromatic heterocycles. The Balaban J connectivity index is 1.38. The summed E-state index contributed by atoms with van der Waals surface area (Å²) in [5.74, 6) is 3.05.